The summed E-state index contributed by atoms with van der Waals surface area (Å²) in [6.45, 7) is 17.8. The maximum absolute atomic E-state index is 12.8. The Bertz CT molecular complexity index is 3860. The van der Waals surface area contributed by atoms with Gasteiger partial charge in [-0.1, -0.05) is 225 Å². The van der Waals surface area contributed by atoms with Crippen molar-refractivity contribution in [3.8, 4) is 78.6 Å². The van der Waals surface area contributed by atoms with Crippen LogP contribution in [0.25, 0.3) is 83.9 Å². The second kappa shape index (κ2) is 19.9. The molecule has 0 unspecified atom stereocenters. The van der Waals surface area contributed by atoms with E-state index >= 15 is 0 Å². The van der Waals surface area contributed by atoms with Crippen molar-refractivity contribution in [1.82, 2.24) is 14.5 Å². The molecule has 2 heterocycles. The van der Waals surface area contributed by atoms with Crippen LogP contribution in [-0.4, -0.2) is 19.6 Å². The van der Waals surface area contributed by atoms with Gasteiger partial charge in [-0.05, 0) is 133 Å². The molecular formula is C72H65N3O. The van der Waals surface area contributed by atoms with Crippen LogP contribution in [0, 0.1) is 0 Å². The number of benzene rings is 9. The van der Waals surface area contributed by atoms with E-state index in [1.807, 2.05) is 6.20 Å². The number of phenolic OH excluding ortho intramolecular Hbond substituents is 1. The zero-order chi connectivity index (χ0) is 52.8. The number of imidazole rings is 1. The van der Waals surface area contributed by atoms with Crippen LogP contribution in [-0.2, 0) is 22.7 Å². The summed E-state index contributed by atoms with van der Waals surface area (Å²) in [7, 11) is 0. The van der Waals surface area contributed by atoms with E-state index in [1.165, 1.54) is 22.3 Å². The Morgan fingerprint density at radius 2 is 1.00 bits per heavy atom. The highest BCUT2D eigenvalue weighted by atomic mass is 16.3. The summed E-state index contributed by atoms with van der Waals surface area (Å²) in [5.74, 6) is 0.916. The number of rotatable bonds is 11. The summed E-state index contributed by atoms with van der Waals surface area (Å²) < 4.78 is 2.30. The molecule has 0 spiro atoms. The van der Waals surface area contributed by atoms with Crippen LogP contribution < -0.4 is 0 Å². The number of fused-ring (bicyclic) bond motifs is 1. The van der Waals surface area contributed by atoms with E-state index in [9.17, 15) is 5.11 Å². The molecule has 1 N–H and O–H groups in total. The van der Waals surface area contributed by atoms with Crippen LogP contribution in [0.5, 0.6) is 5.75 Å². The average molecular weight is 988 g/mol. The Morgan fingerprint density at radius 1 is 0.408 bits per heavy atom. The van der Waals surface area contributed by atoms with Crippen molar-refractivity contribution in [3.05, 3.63) is 264 Å². The molecule has 0 amide bonds. The van der Waals surface area contributed by atoms with Crippen molar-refractivity contribution in [2.75, 3.05) is 0 Å². The summed E-state index contributed by atoms with van der Waals surface area (Å²) in [4.78, 5) is 10.8. The van der Waals surface area contributed by atoms with Gasteiger partial charge in [0.05, 0.1) is 28.0 Å². The molecule has 0 atom stereocenters. The van der Waals surface area contributed by atoms with E-state index in [0.29, 0.717) is 11.4 Å². The molecule has 11 aromatic rings. The van der Waals surface area contributed by atoms with Gasteiger partial charge in [-0.2, -0.15) is 0 Å². The van der Waals surface area contributed by atoms with Gasteiger partial charge in [-0.3, -0.25) is 9.55 Å². The summed E-state index contributed by atoms with van der Waals surface area (Å²) in [5, 5.41) is 12.8. The van der Waals surface area contributed by atoms with Crippen molar-refractivity contribution in [1.29, 1.82) is 0 Å². The molecular weight excluding hydrogens is 923 g/mol. The van der Waals surface area contributed by atoms with Gasteiger partial charge in [0.15, 0.2) is 0 Å². The molecule has 9 aromatic carbocycles. The number of aromatic hydroxyl groups is 1. The molecule has 0 aliphatic rings. The highest BCUT2D eigenvalue weighted by Crippen LogP contribution is 2.47. The molecule has 0 aliphatic carbocycles. The highest BCUT2D eigenvalue weighted by molar-refractivity contribution is 5.98. The Labute approximate surface area is 449 Å². The lowest BCUT2D eigenvalue weighted by molar-refractivity contribution is 0.446. The second-order valence-corrected chi connectivity index (χ2v) is 22.9. The van der Waals surface area contributed by atoms with Crippen molar-refractivity contribution in [2.24, 2.45) is 0 Å². The van der Waals surface area contributed by atoms with E-state index in [1.54, 1.807) is 0 Å². The number of pyridine rings is 1. The van der Waals surface area contributed by atoms with Crippen molar-refractivity contribution in [3.63, 3.8) is 0 Å². The molecule has 4 heteroatoms. The largest absolute Gasteiger partial charge is 0.507 e. The number of hydrogen-bond donors (Lipinski definition) is 1. The fraction of sp³-hybridized carbons (Fsp3) is 0.167. The number of phenols is 1. The smallest absolute Gasteiger partial charge is 0.149 e. The zero-order valence-electron chi connectivity index (χ0n) is 44.9. The predicted molar refractivity (Wildman–Crippen MR) is 318 cm³/mol. The van der Waals surface area contributed by atoms with Crippen LogP contribution in [0.15, 0.2) is 231 Å². The molecule has 374 valence electrons. The van der Waals surface area contributed by atoms with Crippen molar-refractivity contribution < 1.29 is 5.11 Å². The monoisotopic (exact) mass is 988 g/mol. The molecule has 0 saturated heterocycles. The quantitative estimate of drug-likeness (QED) is 0.140. The minimum absolute atomic E-state index is 0.213. The van der Waals surface area contributed by atoms with Gasteiger partial charge in [0.2, 0.25) is 0 Å². The van der Waals surface area contributed by atoms with E-state index in [0.717, 1.165) is 90.0 Å². The standard InChI is InChI=1S/C72H65N3O/c1-70(2,3)59-46-62(68(76)63(47-59)71(4,5)6)69-74-67-60(30-21-31-66(67)75(69)65-37-36-58(45-61(65)52-26-17-11-18-27-52)72(7,8)57-28-19-12-20-29-57)55-41-54(50-24-15-10-16-25-50)42-56(43-55)64-44-53(38-39-73-64)51-34-32-49(33-35-51)40-48-22-13-9-14-23-48/h9-39,41-47,76H,40H2,1-8H3. The Morgan fingerprint density at radius 3 is 1.67 bits per heavy atom. The van der Waals surface area contributed by atoms with Gasteiger partial charge in [0, 0.05) is 33.9 Å². The van der Waals surface area contributed by atoms with Crippen molar-refractivity contribution >= 4 is 11.0 Å². The number of aromatic nitrogens is 3. The SMILES string of the molecule is CC(C)(C)c1cc(-c2nc3c(-c4cc(-c5ccccc5)cc(-c5cc(-c6ccc(Cc7ccccc7)cc6)ccn5)c4)cccc3n2-c2ccc(C(C)(C)c3ccccc3)cc2-c2ccccc2)c(O)c(C(C)(C)C)c1. The molecule has 76 heavy (non-hydrogen) atoms. The summed E-state index contributed by atoms with van der Waals surface area (Å²) in [5.41, 5.74) is 20.1. The highest BCUT2D eigenvalue weighted by Gasteiger charge is 2.31. The van der Waals surface area contributed by atoms with Gasteiger partial charge >= 0.3 is 0 Å². The zero-order valence-corrected chi connectivity index (χ0v) is 44.9. The third-order valence-electron chi connectivity index (χ3n) is 15.2. The number of para-hydroxylation sites is 1. The molecule has 0 bridgehead atoms. The first-order chi connectivity index (χ1) is 36.6. The van der Waals surface area contributed by atoms with Gasteiger partial charge < -0.3 is 5.11 Å². The fourth-order valence-corrected chi connectivity index (χ4v) is 10.7. The maximum Gasteiger partial charge on any atom is 0.149 e. The normalized spacial score (nSPS) is 12.1. The number of hydrogen-bond acceptors (Lipinski definition) is 3. The summed E-state index contributed by atoms with van der Waals surface area (Å²) in [6.07, 6.45) is 2.81. The lowest BCUT2D eigenvalue weighted by Crippen LogP contribution is -2.19. The first kappa shape index (κ1) is 49.6. The molecule has 11 rings (SSSR count). The third kappa shape index (κ3) is 9.80. The van der Waals surface area contributed by atoms with Gasteiger partial charge in [0.1, 0.15) is 11.6 Å². The average Bonchev–Trinajstić information content (AvgIpc) is 3.84. The molecule has 0 fully saturated rings. The molecule has 4 nitrogen and oxygen atoms in total. The van der Waals surface area contributed by atoms with Crippen LogP contribution >= 0.6 is 0 Å². The van der Waals surface area contributed by atoms with E-state index in [-0.39, 0.29) is 22.0 Å². The maximum atomic E-state index is 12.8. The molecule has 2 aromatic heterocycles. The molecule has 0 saturated carbocycles. The van der Waals surface area contributed by atoms with Crippen LogP contribution in [0.3, 0.4) is 0 Å². The number of nitrogens with zero attached hydrogens (tertiary/aromatic N) is 3. The Balaban J connectivity index is 1.14. The Hall–Kier alpha value is -8.60. The van der Waals surface area contributed by atoms with Gasteiger partial charge in [-0.25, -0.2) is 4.98 Å². The van der Waals surface area contributed by atoms with Crippen molar-refractivity contribution in [2.45, 2.75) is 78.1 Å². The van der Waals surface area contributed by atoms with Crippen LogP contribution in [0.1, 0.15) is 88.8 Å². The van der Waals surface area contributed by atoms with E-state index < -0.39 is 0 Å². The minimum Gasteiger partial charge on any atom is -0.507 e. The predicted octanol–water partition coefficient (Wildman–Crippen LogP) is 18.6. The molecule has 0 aliphatic heterocycles. The summed E-state index contributed by atoms with van der Waals surface area (Å²) >= 11 is 0. The third-order valence-corrected chi connectivity index (χ3v) is 15.2. The second-order valence-electron chi connectivity index (χ2n) is 22.9. The Kier molecular flexibility index (Phi) is 13.0. The van der Waals surface area contributed by atoms with Gasteiger partial charge in [-0.15, -0.1) is 0 Å². The van der Waals surface area contributed by atoms with Crippen LogP contribution in [0.4, 0.5) is 0 Å². The topological polar surface area (TPSA) is 50.9 Å². The van der Waals surface area contributed by atoms with E-state index in [4.69, 9.17) is 9.97 Å². The first-order valence-electron chi connectivity index (χ1n) is 26.6. The van der Waals surface area contributed by atoms with Gasteiger partial charge in [0.25, 0.3) is 0 Å². The lowest BCUT2D eigenvalue weighted by Gasteiger charge is -2.28. The first-order valence-corrected chi connectivity index (χ1v) is 26.6. The lowest BCUT2D eigenvalue weighted by atomic mass is 9.77. The fourth-order valence-electron chi connectivity index (χ4n) is 10.7. The van der Waals surface area contributed by atoms with E-state index in [2.05, 4.69) is 284 Å². The minimum atomic E-state index is -0.354. The van der Waals surface area contributed by atoms with Crippen LogP contribution in [0.2, 0.25) is 0 Å². The summed E-state index contributed by atoms with van der Waals surface area (Å²) in [6, 6.07) is 80.4. The molecule has 0 radical (unpaired) electrons.